The van der Waals surface area contributed by atoms with Crippen molar-refractivity contribution < 1.29 is 24.5 Å². The van der Waals surface area contributed by atoms with Gasteiger partial charge >= 0.3 is 0 Å². The fraction of sp³-hybridized carbons (Fsp3) is 0.350. The van der Waals surface area contributed by atoms with Crippen molar-refractivity contribution >= 4 is 5.78 Å². The van der Waals surface area contributed by atoms with Crippen LogP contribution in [0.4, 0.5) is 0 Å². The predicted molar refractivity (Wildman–Crippen MR) is 95.7 cm³/mol. The molecule has 0 aliphatic heterocycles. The van der Waals surface area contributed by atoms with E-state index in [0.29, 0.717) is 17.7 Å². The lowest BCUT2D eigenvalue weighted by Crippen LogP contribution is -2.21. The van der Waals surface area contributed by atoms with Crippen LogP contribution in [-0.4, -0.2) is 30.2 Å². The summed E-state index contributed by atoms with van der Waals surface area (Å²) >= 11 is 0. The minimum Gasteiger partial charge on any atom is -0.504 e. The molecule has 2 atom stereocenters. The normalized spacial score (nSPS) is 13.1. The van der Waals surface area contributed by atoms with E-state index in [4.69, 9.17) is 9.47 Å². The van der Waals surface area contributed by atoms with Gasteiger partial charge in [-0.1, -0.05) is 19.9 Å². The second-order valence-corrected chi connectivity index (χ2v) is 6.23. The molecule has 0 bridgehead atoms. The molecular formula is C20H24O5. The van der Waals surface area contributed by atoms with E-state index in [9.17, 15) is 15.0 Å². The van der Waals surface area contributed by atoms with Gasteiger partial charge in [-0.25, -0.2) is 0 Å². The summed E-state index contributed by atoms with van der Waals surface area (Å²) in [6.07, 6.45) is 0.679. The van der Waals surface area contributed by atoms with E-state index in [1.165, 1.54) is 20.3 Å². The summed E-state index contributed by atoms with van der Waals surface area (Å²) in [5.74, 6) is 0.684. The Morgan fingerprint density at radius 2 is 1.52 bits per heavy atom. The number of carbonyl (C=O) groups excluding carboxylic acids is 1. The van der Waals surface area contributed by atoms with Gasteiger partial charge in [-0.3, -0.25) is 4.79 Å². The lowest BCUT2D eigenvalue weighted by molar-refractivity contribution is 0.0892. The first kappa shape index (κ1) is 18.6. The smallest absolute Gasteiger partial charge is 0.166 e. The number of Topliss-reactive ketones (excluding diaryl/α,β-unsaturated/α-hetero) is 1. The number of ether oxygens (including phenoxy) is 2. The van der Waals surface area contributed by atoms with Gasteiger partial charge in [0.05, 0.1) is 14.2 Å². The second kappa shape index (κ2) is 7.92. The highest BCUT2D eigenvalue weighted by molar-refractivity contribution is 5.98. The third-order valence-electron chi connectivity index (χ3n) is 4.53. The van der Waals surface area contributed by atoms with Crippen LogP contribution in [0.2, 0.25) is 0 Å². The van der Waals surface area contributed by atoms with E-state index in [1.807, 2.05) is 19.9 Å². The highest BCUT2D eigenvalue weighted by atomic mass is 16.5. The fourth-order valence-electron chi connectivity index (χ4n) is 2.75. The Morgan fingerprint density at radius 3 is 2.12 bits per heavy atom. The average Bonchev–Trinajstić information content (AvgIpc) is 2.62. The number of methoxy groups -OCH3 is 2. The number of phenols is 2. The molecule has 0 aliphatic rings. The number of aromatic hydroxyl groups is 2. The molecule has 0 heterocycles. The average molecular weight is 344 g/mol. The highest BCUT2D eigenvalue weighted by Crippen LogP contribution is 2.31. The summed E-state index contributed by atoms with van der Waals surface area (Å²) in [4.78, 5) is 12.7. The molecule has 5 nitrogen and oxygen atoms in total. The van der Waals surface area contributed by atoms with Crippen molar-refractivity contribution in [2.75, 3.05) is 14.2 Å². The summed E-state index contributed by atoms with van der Waals surface area (Å²) in [6.45, 7) is 3.91. The van der Waals surface area contributed by atoms with E-state index in [2.05, 4.69) is 0 Å². The van der Waals surface area contributed by atoms with Gasteiger partial charge in [0, 0.05) is 11.5 Å². The van der Waals surface area contributed by atoms with E-state index in [0.717, 1.165) is 5.56 Å². The first-order valence-electron chi connectivity index (χ1n) is 8.14. The molecule has 0 saturated heterocycles. The fourth-order valence-corrected chi connectivity index (χ4v) is 2.75. The van der Waals surface area contributed by atoms with Gasteiger partial charge < -0.3 is 19.7 Å². The van der Waals surface area contributed by atoms with Crippen LogP contribution in [0, 0.1) is 11.8 Å². The number of benzene rings is 2. The number of phenolic OH excluding ortho intramolecular Hbond substituents is 2. The molecule has 134 valence electrons. The van der Waals surface area contributed by atoms with Crippen LogP contribution in [0.15, 0.2) is 36.4 Å². The summed E-state index contributed by atoms with van der Waals surface area (Å²) in [5, 5.41) is 19.3. The predicted octanol–water partition coefficient (Wildman–Crippen LogP) is 3.81. The SMILES string of the molecule is COc1cc(C[C@@H](C)[C@H](C)C(=O)c2ccc(O)c(OC)c2)ccc1O. The molecule has 5 heteroatoms. The van der Waals surface area contributed by atoms with Crippen LogP contribution in [0.3, 0.4) is 0 Å². The van der Waals surface area contributed by atoms with Gasteiger partial charge in [0.1, 0.15) is 0 Å². The second-order valence-electron chi connectivity index (χ2n) is 6.23. The topological polar surface area (TPSA) is 76.0 Å². The molecule has 2 aromatic carbocycles. The van der Waals surface area contributed by atoms with Crippen LogP contribution in [-0.2, 0) is 6.42 Å². The molecule has 0 amide bonds. The lowest BCUT2D eigenvalue weighted by Gasteiger charge is -2.20. The van der Waals surface area contributed by atoms with Crippen molar-refractivity contribution in [1.29, 1.82) is 0 Å². The van der Waals surface area contributed by atoms with Gasteiger partial charge in [-0.05, 0) is 48.2 Å². The molecule has 0 aliphatic carbocycles. The maximum absolute atomic E-state index is 12.7. The Bertz CT molecular complexity index is 754. The molecule has 0 radical (unpaired) electrons. The largest absolute Gasteiger partial charge is 0.504 e. The van der Waals surface area contributed by atoms with Gasteiger partial charge in [0.2, 0.25) is 0 Å². The Hall–Kier alpha value is -2.69. The molecule has 0 aromatic heterocycles. The Labute approximate surface area is 147 Å². The molecule has 0 fully saturated rings. The van der Waals surface area contributed by atoms with Gasteiger partial charge in [-0.15, -0.1) is 0 Å². The minimum atomic E-state index is -0.214. The number of hydrogen-bond acceptors (Lipinski definition) is 5. The van der Waals surface area contributed by atoms with Crippen LogP contribution in [0.5, 0.6) is 23.0 Å². The maximum Gasteiger partial charge on any atom is 0.166 e. The van der Waals surface area contributed by atoms with Crippen LogP contribution in [0.1, 0.15) is 29.8 Å². The first-order valence-corrected chi connectivity index (χ1v) is 8.14. The van der Waals surface area contributed by atoms with Crippen molar-refractivity contribution in [2.24, 2.45) is 11.8 Å². The minimum absolute atomic E-state index is 0.00320. The highest BCUT2D eigenvalue weighted by Gasteiger charge is 2.23. The lowest BCUT2D eigenvalue weighted by atomic mass is 9.84. The zero-order chi connectivity index (χ0) is 18.6. The van der Waals surface area contributed by atoms with E-state index in [1.54, 1.807) is 24.3 Å². The summed E-state index contributed by atoms with van der Waals surface area (Å²) in [6, 6.07) is 9.84. The molecule has 0 saturated carbocycles. The molecule has 2 N–H and O–H groups in total. The van der Waals surface area contributed by atoms with Crippen molar-refractivity contribution in [3.05, 3.63) is 47.5 Å². The molecule has 25 heavy (non-hydrogen) atoms. The number of rotatable bonds is 7. The first-order chi connectivity index (χ1) is 11.9. The van der Waals surface area contributed by atoms with E-state index in [-0.39, 0.29) is 34.9 Å². The molecule has 2 aromatic rings. The van der Waals surface area contributed by atoms with Crippen molar-refractivity contribution in [1.82, 2.24) is 0 Å². The molecular weight excluding hydrogens is 320 g/mol. The van der Waals surface area contributed by atoms with Crippen molar-refractivity contribution in [2.45, 2.75) is 20.3 Å². The van der Waals surface area contributed by atoms with Gasteiger partial charge in [0.25, 0.3) is 0 Å². The maximum atomic E-state index is 12.7. The number of hydrogen-bond donors (Lipinski definition) is 2. The van der Waals surface area contributed by atoms with Crippen LogP contribution >= 0.6 is 0 Å². The monoisotopic (exact) mass is 344 g/mol. The Kier molecular flexibility index (Phi) is 5.91. The van der Waals surface area contributed by atoms with E-state index < -0.39 is 0 Å². The van der Waals surface area contributed by atoms with Crippen LogP contribution in [0.25, 0.3) is 0 Å². The van der Waals surface area contributed by atoms with Gasteiger partial charge in [0.15, 0.2) is 28.8 Å². The molecule has 0 unspecified atom stereocenters. The standard InChI is InChI=1S/C20H24O5/c1-12(9-14-5-7-16(21)18(10-14)24-3)13(2)20(23)15-6-8-17(22)19(11-15)25-4/h5-8,10-13,21-22H,9H2,1-4H3/t12-,13+/m1/s1. The van der Waals surface area contributed by atoms with E-state index >= 15 is 0 Å². The number of carbonyl (C=O) groups is 1. The molecule has 2 rings (SSSR count). The Morgan fingerprint density at radius 1 is 0.960 bits per heavy atom. The van der Waals surface area contributed by atoms with Crippen molar-refractivity contribution in [3.8, 4) is 23.0 Å². The third kappa shape index (κ3) is 4.24. The third-order valence-corrected chi connectivity index (χ3v) is 4.53. The van der Waals surface area contributed by atoms with Gasteiger partial charge in [-0.2, -0.15) is 0 Å². The summed E-state index contributed by atoms with van der Waals surface area (Å²) in [5.41, 5.74) is 1.50. The summed E-state index contributed by atoms with van der Waals surface area (Å²) in [7, 11) is 2.96. The zero-order valence-electron chi connectivity index (χ0n) is 14.9. The quantitative estimate of drug-likeness (QED) is 0.747. The number of ketones is 1. The Balaban J connectivity index is 2.13. The zero-order valence-corrected chi connectivity index (χ0v) is 14.9. The van der Waals surface area contributed by atoms with Crippen molar-refractivity contribution in [3.63, 3.8) is 0 Å². The molecule has 0 spiro atoms. The van der Waals surface area contributed by atoms with Crippen LogP contribution < -0.4 is 9.47 Å². The summed E-state index contributed by atoms with van der Waals surface area (Å²) < 4.78 is 10.2.